The number of carboxylic acids is 1. The summed E-state index contributed by atoms with van der Waals surface area (Å²) in [5.74, 6) is -1.34. The lowest BCUT2D eigenvalue weighted by Crippen LogP contribution is -2.36. The first-order chi connectivity index (χ1) is 19.8. The van der Waals surface area contributed by atoms with Crippen molar-refractivity contribution in [3.05, 3.63) is 75.3 Å². The maximum Gasteiger partial charge on any atom is 0.407 e. The molecule has 10 nitrogen and oxygen atoms in total. The molecule has 0 atom stereocenters. The molecule has 0 bridgehead atoms. The van der Waals surface area contributed by atoms with E-state index in [1.807, 2.05) is 0 Å². The number of hydrogen-bond donors (Lipinski definition) is 2. The molecule has 0 saturated heterocycles. The van der Waals surface area contributed by atoms with Crippen molar-refractivity contribution in [3.8, 4) is 0 Å². The van der Waals surface area contributed by atoms with Gasteiger partial charge in [-0.05, 0) is 48.2 Å². The van der Waals surface area contributed by atoms with E-state index in [-0.39, 0.29) is 24.7 Å². The van der Waals surface area contributed by atoms with Gasteiger partial charge in [0.2, 0.25) is 0 Å². The van der Waals surface area contributed by atoms with Gasteiger partial charge in [-0.15, -0.1) is 0 Å². The summed E-state index contributed by atoms with van der Waals surface area (Å²) in [5, 5.41) is 22.7. The monoisotopic (exact) mass is 569 g/mol. The Balaban J connectivity index is 1.70. The highest BCUT2D eigenvalue weighted by molar-refractivity contribution is 5.95. The highest BCUT2D eigenvalue weighted by Gasteiger charge is 2.18. The zero-order valence-electron chi connectivity index (χ0n) is 24.0. The Hall–Kier alpha value is -3.95. The molecule has 224 valence electrons. The molecule has 10 heteroatoms. The molecule has 2 aromatic carbocycles. The summed E-state index contributed by atoms with van der Waals surface area (Å²) in [6.45, 7) is 2.60. The summed E-state index contributed by atoms with van der Waals surface area (Å²) in [5.41, 5.74) is 1.93. The second-order valence-electron chi connectivity index (χ2n) is 10.2. The van der Waals surface area contributed by atoms with Gasteiger partial charge >= 0.3 is 12.1 Å². The van der Waals surface area contributed by atoms with Crippen LogP contribution in [-0.4, -0.2) is 52.5 Å². The number of nitrogens with zero attached hydrogens (tertiary/aromatic N) is 2. The number of unbranched alkanes of at least 4 members (excludes halogenated alkanes) is 9. The minimum atomic E-state index is -1.03. The molecule has 0 unspecified atom stereocenters. The third-order valence-corrected chi connectivity index (χ3v) is 6.80. The summed E-state index contributed by atoms with van der Waals surface area (Å²) < 4.78 is 5.13. The lowest BCUT2D eigenvalue weighted by Gasteiger charge is -2.21. The lowest BCUT2D eigenvalue weighted by molar-refractivity contribution is -0.384. The van der Waals surface area contributed by atoms with Crippen molar-refractivity contribution in [3.63, 3.8) is 0 Å². The number of carbonyl (C=O) groups is 3. The minimum absolute atomic E-state index is 0.00734. The van der Waals surface area contributed by atoms with Gasteiger partial charge in [0.05, 0.1) is 4.92 Å². The quantitative estimate of drug-likeness (QED) is 0.105. The molecule has 41 heavy (non-hydrogen) atoms. The molecule has 2 rings (SSSR count). The first kappa shape index (κ1) is 33.3. The molecular formula is C31H43N3O7. The molecular weight excluding hydrogens is 526 g/mol. The van der Waals surface area contributed by atoms with Crippen molar-refractivity contribution in [1.29, 1.82) is 0 Å². The Morgan fingerprint density at radius 2 is 1.41 bits per heavy atom. The molecule has 0 saturated carbocycles. The lowest BCUT2D eigenvalue weighted by atomic mass is 10.1. The van der Waals surface area contributed by atoms with Crippen LogP contribution < -0.4 is 5.32 Å². The van der Waals surface area contributed by atoms with Crippen LogP contribution in [0.5, 0.6) is 0 Å². The third-order valence-electron chi connectivity index (χ3n) is 6.80. The van der Waals surface area contributed by atoms with Crippen molar-refractivity contribution in [2.45, 2.75) is 84.2 Å². The van der Waals surface area contributed by atoms with Crippen LogP contribution in [0, 0.1) is 10.1 Å². The first-order valence-corrected chi connectivity index (χ1v) is 14.5. The number of nitro groups is 1. The van der Waals surface area contributed by atoms with E-state index in [1.54, 1.807) is 24.3 Å². The summed E-state index contributed by atoms with van der Waals surface area (Å²) in [7, 11) is 0. The second-order valence-corrected chi connectivity index (χ2v) is 10.2. The van der Waals surface area contributed by atoms with Crippen molar-refractivity contribution in [1.82, 2.24) is 10.2 Å². The molecule has 0 heterocycles. The van der Waals surface area contributed by atoms with Gasteiger partial charge in [0.25, 0.3) is 11.6 Å². The summed E-state index contributed by atoms with van der Waals surface area (Å²) in [6, 6.07) is 12.7. The van der Waals surface area contributed by atoms with Crippen LogP contribution in [0.2, 0.25) is 0 Å². The highest BCUT2D eigenvalue weighted by atomic mass is 16.6. The predicted molar refractivity (Wildman–Crippen MR) is 157 cm³/mol. The van der Waals surface area contributed by atoms with E-state index >= 15 is 0 Å². The number of nitro benzene ring substituents is 1. The van der Waals surface area contributed by atoms with E-state index in [1.165, 1.54) is 74.1 Å². The van der Waals surface area contributed by atoms with Gasteiger partial charge in [0.1, 0.15) is 13.2 Å². The fourth-order valence-electron chi connectivity index (χ4n) is 4.43. The van der Waals surface area contributed by atoms with Crippen LogP contribution in [0.3, 0.4) is 0 Å². The number of alkyl carbamates (subject to hydrolysis) is 1. The number of hydrogen-bond acceptors (Lipinski definition) is 6. The minimum Gasteiger partial charge on any atom is -0.480 e. The smallest absolute Gasteiger partial charge is 0.407 e. The number of non-ortho nitro benzene ring substituents is 1. The molecule has 2 aromatic rings. The Kier molecular flexibility index (Phi) is 15.6. The SMILES string of the molecule is CCCCCCCCCCCCN(CC(=O)O)C(=O)c1ccc(CCNC(=O)OCc2ccc([N+](=O)[O-])cc2)cc1. The molecule has 0 spiro atoms. The van der Waals surface area contributed by atoms with Crippen molar-refractivity contribution in [2.24, 2.45) is 0 Å². The van der Waals surface area contributed by atoms with E-state index in [0.717, 1.165) is 24.8 Å². The number of aliphatic carboxylic acids is 1. The number of rotatable bonds is 20. The Morgan fingerprint density at radius 3 is 1.98 bits per heavy atom. The van der Waals surface area contributed by atoms with Crippen LogP contribution in [-0.2, 0) is 22.6 Å². The molecule has 0 aromatic heterocycles. The molecule has 0 aliphatic carbocycles. The molecule has 0 fully saturated rings. The molecule has 0 aliphatic heterocycles. The van der Waals surface area contributed by atoms with Gasteiger partial charge < -0.3 is 20.1 Å². The zero-order valence-corrected chi connectivity index (χ0v) is 24.0. The van der Waals surface area contributed by atoms with E-state index in [0.29, 0.717) is 30.6 Å². The van der Waals surface area contributed by atoms with Crippen molar-refractivity contribution < 1.29 is 29.2 Å². The van der Waals surface area contributed by atoms with Crippen molar-refractivity contribution in [2.75, 3.05) is 19.6 Å². The number of carbonyl (C=O) groups excluding carboxylic acids is 2. The number of nitrogens with one attached hydrogen (secondary N) is 1. The number of amides is 2. The van der Waals surface area contributed by atoms with E-state index < -0.39 is 17.0 Å². The molecule has 0 aliphatic rings. The summed E-state index contributed by atoms with van der Waals surface area (Å²) in [4.78, 5) is 47.9. The maximum absolute atomic E-state index is 13.0. The van der Waals surface area contributed by atoms with E-state index in [4.69, 9.17) is 4.74 Å². The largest absolute Gasteiger partial charge is 0.480 e. The Morgan fingerprint density at radius 1 is 0.854 bits per heavy atom. The third kappa shape index (κ3) is 13.8. The van der Waals surface area contributed by atoms with Gasteiger partial charge in [-0.2, -0.15) is 0 Å². The van der Waals surface area contributed by atoms with Crippen LogP contribution in [0.1, 0.15) is 92.6 Å². The molecule has 2 amide bonds. The van der Waals surface area contributed by atoms with Crippen LogP contribution in [0.15, 0.2) is 48.5 Å². The fourth-order valence-corrected chi connectivity index (χ4v) is 4.43. The first-order valence-electron chi connectivity index (χ1n) is 14.5. The highest BCUT2D eigenvalue weighted by Crippen LogP contribution is 2.14. The Bertz CT molecular complexity index is 1090. The average molecular weight is 570 g/mol. The van der Waals surface area contributed by atoms with E-state index in [9.17, 15) is 29.6 Å². The maximum atomic E-state index is 13.0. The standard InChI is InChI=1S/C31H43N3O7/c1-2-3-4-5-6-7-8-9-10-11-22-33(23-29(35)36)30(37)27-16-12-25(13-17-27)20-21-32-31(38)41-24-26-14-18-28(19-15-26)34(39)40/h12-19H,2-11,20-24H2,1H3,(H,32,38)(H,35,36). The summed E-state index contributed by atoms with van der Waals surface area (Å²) in [6.07, 6.45) is 11.6. The summed E-state index contributed by atoms with van der Waals surface area (Å²) >= 11 is 0. The fraction of sp³-hybridized carbons (Fsp3) is 0.516. The zero-order chi connectivity index (χ0) is 29.9. The average Bonchev–Trinajstić information content (AvgIpc) is 2.96. The van der Waals surface area contributed by atoms with E-state index in [2.05, 4.69) is 12.2 Å². The van der Waals surface area contributed by atoms with Gasteiger partial charge in [-0.1, -0.05) is 76.8 Å². The van der Waals surface area contributed by atoms with Gasteiger partial charge in [-0.3, -0.25) is 19.7 Å². The topological polar surface area (TPSA) is 139 Å². The van der Waals surface area contributed by atoms with Crippen LogP contribution in [0.25, 0.3) is 0 Å². The van der Waals surface area contributed by atoms with Gasteiger partial charge in [0, 0.05) is 30.8 Å². The predicted octanol–water partition coefficient (Wildman–Crippen LogP) is 6.51. The molecule has 2 N–H and O–H groups in total. The van der Waals surface area contributed by atoms with Gasteiger partial charge in [-0.25, -0.2) is 4.79 Å². The van der Waals surface area contributed by atoms with Crippen molar-refractivity contribution >= 4 is 23.7 Å². The second kappa shape index (κ2) is 19.2. The number of ether oxygens (including phenoxy) is 1. The van der Waals surface area contributed by atoms with Gasteiger partial charge in [0.15, 0.2) is 0 Å². The number of carboxylic acid groups (broad SMARTS) is 1. The normalized spacial score (nSPS) is 10.7. The van der Waals surface area contributed by atoms with Crippen LogP contribution in [0.4, 0.5) is 10.5 Å². The van der Waals surface area contributed by atoms with Crippen LogP contribution >= 0.6 is 0 Å². The Labute approximate surface area is 242 Å². The molecule has 0 radical (unpaired) electrons. The number of benzene rings is 2.